The molecule has 2 aliphatic rings. The summed E-state index contributed by atoms with van der Waals surface area (Å²) in [5, 5.41) is 12.1. The minimum Gasteiger partial charge on any atom is -0.325 e. The van der Waals surface area contributed by atoms with Gasteiger partial charge < -0.3 is 9.88 Å². The van der Waals surface area contributed by atoms with Gasteiger partial charge in [-0.1, -0.05) is 31.0 Å². The molecule has 2 saturated carbocycles. The SMILES string of the molecule is CCn1c(SCC(=O)Nc2ccc(S(=O)(=O)N(C)C3CCCCC3)cc2)nnc1C1CC1. The van der Waals surface area contributed by atoms with Crippen molar-refractivity contribution in [3.8, 4) is 0 Å². The first kappa shape index (κ1) is 23.3. The summed E-state index contributed by atoms with van der Waals surface area (Å²) in [6, 6.07) is 6.48. The normalized spacial score (nSPS) is 17.6. The zero-order chi connectivity index (χ0) is 22.7. The van der Waals surface area contributed by atoms with Crippen molar-refractivity contribution in [3.63, 3.8) is 0 Å². The maximum Gasteiger partial charge on any atom is 0.243 e. The molecule has 2 fully saturated rings. The molecule has 1 aromatic heterocycles. The van der Waals surface area contributed by atoms with Gasteiger partial charge in [-0.15, -0.1) is 10.2 Å². The molecular formula is C22H31N5O3S2. The summed E-state index contributed by atoms with van der Waals surface area (Å²) in [6.07, 6.45) is 7.46. The predicted molar refractivity (Wildman–Crippen MR) is 125 cm³/mol. The Morgan fingerprint density at radius 3 is 2.44 bits per heavy atom. The van der Waals surface area contributed by atoms with E-state index in [9.17, 15) is 13.2 Å². The van der Waals surface area contributed by atoms with Crippen molar-refractivity contribution >= 4 is 33.4 Å². The molecule has 0 unspecified atom stereocenters. The van der Waals surface area contributed by atoms with Crippen LogP contribution in [0.1, 0.15) is 63.6 Å². The standard InChI is InChI=1S/C22H31N5O3S2/c1-3-27-21(16-9-10-16)24-25-22(27)31-15-20(28)23-17-11-13-19(14-12-17)32(29,30)26(2)18-7-5-4-6-8-18/h11-14,16,18H,3-10,15H2,1-2H3,(H,23,28). The highest BCUT2D eigenvalue weighted by atomic mass is 32.2. The highest BCUT2D eigenvalue weighted by Crippen LogP contribution is 2.40. The number of carbonyl (C=O) groups is 1. The predicted octanol–water partition coefficient (Wildman–Crippen LogP) is 3.86. The Bertz CT molecular complexity index is 1040. The summed E-state index contributed by atoms with van der Waals surface area (Å²) in [7, 11) is -1.87. The summed E-state index contributed by atoms with van der Waals surface area (Å²) in [5.41, 5.74) is 0.575. The highest BCUT2D eigenvalue weighted by molar-refractivity contribution is 7.99. The van der Waals surface area contributed by atoms with E-state index in [0.717, 1.165) is 56.1 Å². The topological polar surface area (TPSA) is 97.2 Å². The fourth-order valence-electron chi connectivity index (χ4n) is 4.19. The number of thioether (sulfide) groups is 1. The fourth-order valence-corrected chi connectivity index (χ4v) is 6.42. The number of anilines is 1. The number of nitrogens with one attached hydrogen (secondary N) is 1. The number of aromatic nitrogens is 3. The highest BCUT2D eigenvalue weighted by Gasteiger charge is 2.30. The average molecular weight is 478 g/mol. The van der Waals surface area contributed by atoms with Crippen LogP contribution in [0.3, 0.4) is 0 Å². The molecule has 0 radical (unpaired) electrons. The van der Waals surface area contributed by atoms with Crippen LogP contribution in [0.5, 0.6) is 0 Å². The summed E-state index contributed by atoms with van der Waals surface area (Å²) in [4.78, 5) is 12.7. The maximum atomic E-state index is 13.0. The molecule has 0 spiro atoms. The number of sulfonamides is 1. The number of amides is 1. The molecule has 1 N–H and O–H groups in total. The second kappa shape index (κ2) is 9.93. The van der Waals surface area contributed by atoms with Crippen LogP contribution < -0.4 is 5.32 Å². The lowest BCUT2D eigenvalue weighted by Crippen LogP contribution is -2.38. The largest absolute Gasteiger partial charge is 0.325 e. The number of rotatable bonds is 9. The first-order valence-electron chi connectivity index (χ1n) is 11.3. The number of hydrogen-bond donors (Lipinski definition) is 1. The van der Waals surface area contributed by atoms with E-state index in [1.807, 2.05) is 0 Å². The van der Waals surface area contributed by atoms with Crippen molar-refractivity contribution in [3.05, 3.63) is 30.1 Å². The molecule has 1 aromatic carbocycles. The van der Waals surface area contributed by atoms with Crippen LogP contribution in [0.2, 0.25) is 0 Å². The Hall–Kier alpha value is -1.91. The van der Waals surface area contributed by atoms with Crippen molar-refractivity contribution in [2.75, 3.05) is 18.1 Å². The molecule has 0 aliphatic heterocycles. The van der Waals surface area contributed by atoms with Gasteiger partial charge in [-0.05, 0) is 56.9 Å². The van der Waals surface area contributed by atoms with Gasteiger partial charge in [-0.2, -0.15) is 4.31 Å². The molecule has 1 amide bonds. The summed E-state index contributed by atoms with van der Waals surface area (Å²) >= 11 is 1.37. The van der Waals surface area contributed by atoms with Gasteiger partial charge in [0, 0.05) is 31.2 Å². The van der Waals surface area contributed by atoms with Crippen molar-refractivity contribution in [2.24, 2.45) is 0 Å². The second-order valence-corrected chi connectivity index (χ2v) is 11.5. The van der Waals surface area contributed by atoms with E-state index in [-0.39, 0.29) is 22.6 Å². The van der Waals surface area contributed by atoms with E-state index in [1.165, 1.54) is 22.5 Å². The molecule has 2 aliphatic carbocycles. The van der Waals surface area contributed by atoms with Crippen LogP contribution in [0, 0.1) is 0 Å². The number of carbonyl (C=O) groups excluding carboxylic acids is 1. The van der Waals surface area contributed by atoms with Crippen LogP contribution in [-0.4, -0.2) is 52.2 Å². The Morgan fingerprint density at radius 2 is 1.81 bits per heavy atom. The monoisotopic (exact) mass is 477 g/mol. The summed E-state index contributed by atoms with van der Waals surface area (Å²) in [5.74, 6) is 1.58. The number of benzene rings is 1. The third-order valence-electron chi connectivity index (χ3n) is 6.24. The van der Waals surface area contributed by atoms with E-state index < -0.39 is 10.0 Å². The smallest absolute Gasteiger partial charge is 0.243 e. The summed E-state index contributed by atoms with van der Waals surface area (Å²) in [6.45, 7) is 2.84. The van der Waals surface area contributed by atoms with E-state index in [4.69, 9.17) is 0 Å². The molecule has 0 atom stereocenters. The van der Waals surface area contributed by atoms with Gasteiger partial charge in [0.05, 0.1) is 10.6 Å². The lowest BCUT2D eigenvalue weighted by molar-refractivity contribution is -0.113. The van der Waals surface area contributed by atoms with Crippen LogP contribution in [-0.2, 0) is 21.4 Å². The molecule has 1 heterocycles. The quantitative estimate of drug-likeness (QED) is 0.551. The molecule has 8 nitrogen and oxygen atoms in total. The zero-order valence-corrected chi connectivity index (χ0v) is 20.3. The zero-order valence-electron chi connectivity index (χ0n) is 18.7. The second-order valence-electron chi connectivity index (χ2n) is 8.53. The summed E-state index contributed by atoms with van der Waals surface area (Å²) < 4.78 is 29.5. The molecule has 4 rings (SSSR count). The average Bonchev–Trinajstić information content (AvgIpc) is 3.57. The molecule has 32 heavy (non-hydrogen) atoms. The molecule has 10 heteroatoms. The van der Waals surface area contributed by atoms with E-state index >= 15 is 0 Å². The third-order valence-corrected chi connectivity index (χ3v) is 9.13. The van der Waals surface area contributed by atoms with Gasteiger partial charge in [-0.25, -0.2) is 8.42 Å². The van der Waals surface area contributed by atoms with Gasteiger partial charge >= 0.3 is 0 Å². The minimum absolute atomic E-state index is 0.0655. The number of nitrogens with zero attached hydrogens (tertiary/aromatic N) is 4. The van der Waals surface area contributed by atoms with Crippen molar-refractivity contribution in [2.45, 2.75) is 80.4 Å². The Morgan fingerprint density at radius 1 is 1.12 bits per heavy atom. The first-order chi connectivity index (χ1) is 15.4. The Labute approximate surface area is 194 Å². The van der Waals surface area contributed by atoms with Crippen LogP contribution in [0.4, 0.5) is 5.69 Å². The minimum atomic E-state index is -3.54. The lowest BCUT2D eigenvalue weighted by Gasteiger charge is -2.30. The third kappa shape index (κ3) is 5.18. The maximum absolute atomic E-state index is 13.0. The Kier molecular flexibility index (Phi) is 7.21. The molecule has 174 valence electrons. The van der Waals surface area contributed by atoms with E-state index in [0.29, 0.717) is 11.6 Å². The molecule has 0 saturated heterocycles. The molecular weight excluding hydrogens is 446 g/mol. The Balaban J connectivity index is 1.33. The van der Waals surface area contributed by atoms with Gasteiger partial charge in [0.2, 0.25) is 15.9 Å². The van der Waals surface area contributed by atoms with E-state index in [2.05, 4.69) is 27.0 Å². The first-order valence-corrected chi connectivity index (χ1v) is 13.8. The van der Waals surface area contributed by atoms with Crippen molar-refractivity contribution in [1.82, 2.24) is 19.1 Å². The van der Waals surface area contributed by atoms with E-state index in [1.54, 1.807) is 31.3 Å². The van der Waals surface area contributed by atoms with Crippen LogP contribution in [0.25, 0.3) is 0 Å². The van der Waals surface area contributed by atoms with Gasteiger partial charge in [0.15, 0.2) is 5.16 Å². The molecule has 0 bridgehead atoms. The van der Waals surface area contributed by atoms with Crippen LogP contribution in [0.15, 0.2) is 34.3 Å². The fraction of sp³-hybridized carbons (Fsp3) is 0.591. The number of hydrogen-bond acceptors (Lipinski definition) is 6. The van der Waals surface area contributed by atoms with Gasteiger partial charge in [-0.3, -0.25) is 4.79 Å². The lowest BCUT2D eigenvalue weighted by atomic mass is 9.96. The van der Waals surface area contributed by atoms with Crippen LogP contribution >= 0.6 is 11.8 Å². The molecule has 2 aromatic rings. The van der Waals surface area contributed by atoms with Crippen molar-refractivity contribution < 1.29 is 13.2 Å². The van der Waals surface area contributed by atoms with Crippen molar-refractivity contribution in [1.29, 1.82) is 0 Å². The van der Waals surface area contributed by atoms with Gasteiger partial charge in [0.1, 0.15) is 5.82 Å². The van der Waals surface area contributed by atoms with Gasteiger partial charge in [0.25, 0.3) is 0 Å².